The average Bonchev–Trinajstić information content (AvgIpc) is 2.42. The Kier molecular flexibility index (Phi) is 9.49. The van der Waals surface area contributed by atoms with Gasteiger partial charge in [0, 0.05) is 0 Å². The van der Waals surface area contributed by atoms with E-state index in [2.05, 4.69) is 35.2 Å². The van der Waals surface area contributed by atoms with Crippen molar-refractivity contribution >= 4 is 0 Å². The van der Waals surface area contributed by atoms with E-state index in [0.29, 0.717) is 6.61 Å². The van der Waals surface area contributed by atoms with Gasteiger partial charge in [0.15, 0.2) is 0 Å². The first-order valence-electron chi connectivity index (χ1n) is 7.24. The molecule has 1 N–H and O–H groups in total. The molecule has 0 radical (unpaired) electrons. The van der Waals surface area contributed by atoms with Gasteiger partial charge in [0.1, 0.15) is 0 Å². The molecule has 2 heteroatoms. The number of benzene rings is 1. The van der Waals surface area contributed by atoms with E-state index >= 15 is 0 Å². The van der Waals surface area contributed by atoms with Crippen LogP contribution in [0.15, 0.2) is 30.3 Å². The summed E-state index contributed by atoms with van der Waals surface area (Å²) in [6.07, 6.45) is 11.3. The van der Waals surface area contributed by atoms with E-state index < -0.39 is 0 Å². The lowest BCUT2D eigenvalue weighted by molar-refractivity contribution is -0.242. The van der Waals surface area contributed by atoms with Crippen molar-refractivity contribution in [2.24, 2.45) is 0 Å². The minimum atomic E-state index is 0.483. The van der Waals surface area contributed by atoms with Gasteiger partial charge in [-0.15, -0.1) is 0 Å². The van der Waals surface area contributed by atoms with Crippen LogP contribution in [-0.2, 0) is 11.3 Å². The summed E-state index contributed by atoms with van der Waals surface area (Å²) < 4.78 is 0. The Morgan fingerprint density at radius 3 is 1.89 bits per heavy atom. The Morgan fingerprint density at radius 2 is 1.28 bits per heavy atom. The quantitative estimate of drug-likeness (QED) is 0.346. The lowest BCUT2D eigenvalue weighted by atomic mass is 10.0. The molecule has 0 aromatic heterocycles. The zero-order chi connectivity index (χ0) is 12.9. The molecule has 2 nitrogen and oxygen atoms in total. The second-order valence-corrected chi connectivity index (χ2v) is 4.90. The first-order chi connectivity index (χ1) is 8.93. The van der Waals surface area contributed by atoms with Gasteiger partial charge >= 0.3 is 0 Å². The maximum Gasteiger partial charge on any atom is 0.0819 e. The SMILES string of the molecule is OOCCCCCCCCCCc1ccccc1. The van der Waals surface area contributed by atoms with Crippen molar-refractivity contribution in [2.45, 2.75) is 57.8 Å². The molecule has 1 rings (SSSR count). The molecule has 0 bridgehead atoms. The zero-order valence-corrected chi connectivity index (χ0v) is 11.3. The van der Waals surface area contributed by atoms with Gasteiger partial charge < -0.3 is 0 Å². The van der Waals surface area contributed by atoms with Gasteiger partial charge in [-0.05, 0) is 24.8 Å². The second-order valence-electron chi connectivity index (χ2n) is 4.90. The third-order valence-electron chi connectivity index (χ3n) is 3.29. The van der Waals surface area contributed by atoms with E-state index in [9.17, 15) is 0 Å². The predicted octanol–water partition coefficient (Wildman–Crippen LogP) is 4.84. The predicted molar refractivity (Wildman–Crippen MR) is 75.7 cm³/mol. The zero-order valence-electron chi connectivity index (χ0n) is 11.3. The van der Waals surface area contributed by atoms with E-state index in [0.717, 1.165) is 6.42 Å². The molecule has 0 saturated carbocycles. The maximum absolute atomic E-state index is 8.16. The van der Waals surface area contributed by atoms with Crippen LogP contribution >= 0.6 is 0 Å². The number of hydrogen-bond acceptors (Lipinski definition) is 2. The van der Waals surface area contributed by atoms with Crippen LogP contribution < -0.4 is 0 Å². The standard InChI is InChI=1S/C16H26O2/c17-18-15-11-6-4-2-1-3-5-8-12-16-13-9-7-10-14-16/h7,9-10,13-14,17H,1-6,8,11-12,15H2. The summed E-state index contributed by atoms with van der Waals surface area (Å²) >= 11 is 0. The van der Waals surface area contributed by atoms with E-state index in [1.807, 2.05) is 0 Å². The molecule has 1 aromatic rings. The van der Waals surface area contributed by atoms with E-state index in [1.165, 1.54) is 56.9 Å². The molecule has 0 heterocycles. The highest BCUT2D eigenvalue weighted by Crippen LogP contribution is 2.11. The van der Waals surface area contributed by atoms with Crippen molar-refractivity contribution in [1.82, 2.24) is 0 Å². The van der Waals surface area contributed by atoms with Gasteiger partial charge in [0.2, 0.25) is 0 Å². The van der Waals surface area contributed by atoms with Crippen molar-refractivity contribution in [2.75, 3.05) is 6.61 Å². The van der Waals surface area contributed by atoms with Gasteiger partial charge in [-0.25, -0.2) is 4.89 Å². The molecule has 18 heavy (non-hydrogen) atoms. The van der Waals surface area contributed by atoms with Crippen molar-refractivity contribution in [1.29, 1.82) is 0 Å². The molecular weight excluding hydrogens is 224 g/mol. The molecule has 0 unspecified atom stereocenters. The van der Waals surface area contributed by atoms with Crippen LogP contribution in [0.5, 0.6) is 0 Å². The van der Waals surface area contributed by atoms with Gasteiger partial charge in [0.25, 0.3) is 0 Å². The van der Waals surface area contributed by atoms with Crippen LogP contribution in [0.3, 0.4) is 0 Å². The highest BCUT2D eigenvalue weighted by Gasteiger charge is 1.94. The Bertz CT molecular complexity index is 272. The van der Waals surface area contributed by atoms with Crippen LogP contribution in [0.25, 0.3) is 0 Å². The average molecular weight is 250 g/mol. The topological polar surface area (TPSA) is 29.5 Å². The van der Waals surface area contributed by atoms with Crippen LogP contribution in [0.1, 0.15) is 56.9 Å². The highest BCUT2D eigenvalue weighted by molar-refractivity contribution is 5.14. The molecular formula is C16H26O2. The summed E-state index contributed by atoms with van der Waals surface area (Å²) in [5.41, 5.74) is 1.46. The van der Waals surface area contributed by atoms with Gasteiger partial charge in [-0.3, -0.25) is 5.26 Å². The van der Waals surface area contributed by atoms with Gasteiger partial charge in [0.05, 0.1) is 6.61 Å². The minimum absolute atomic E-state index is 0.483. The molecule has 0 fully saturated rings. The lowest BCUT2D eigenvalue weighted by Gasteiger charge is -2.02. The molecule has 0 spiro atoms. The van der Waals surface area contributed by atoms with Crippen molar-refractivity contribution in [3.8, 4) is 0 Å². The van der Waals surface area contributed by atoms with Crippen LogP contribution in [-0.4, -0.2) is 11.9 Å². The number of unbranched alkanes of at least 4 members (excludes halogenated alkanes) is 7. The fourth-order valence-electron chi connectivity index (χ4n) is 2.20. The highest BCUT2D eigenvalue weighted by atomic mass is 17.1. The molecule has 0 aliphatic carbocycles. The summed E-state index contributed by atoms with van der Waals surface area (Å²) in [5, 5.41) is 8.16. The second kappa shape index (κ2) is 11.2. The molecule has 1 aromatic carbocycles. The first-order valence-corrected chi connectivity index (χ1v) is 7.24. The van der Waals surface area contributed by atoms with E-state index in [1.54, 1.807) is 0 Å². The third-order valence-corrected chi connectivity index (χ3v) is 3.29. The van der Waals surface area contributed by atoms with Crippen LogP contribution in [0.2, 0.25) is 0 Å². The maximum atomic E-state index is 8.16. The smallest absolute Gasteiger partial charge is 0.0819 e. The molecule has 0 aliphatic rings. The number of aryl methyl sites for hydroxylation is 1. The Morgan fingerprint density at radius 1 is 0.722 bits per heavy atom. The summed E-state index contributed by atoms with van der Waals surface area (Å²) in [4.78, 5) is 4.04. The molecule has 102 valence electrons. The first kappa shape index (κ1) is 15.2. The fraction of sp³-hybridized carbons (Fsp3) is 0.625. The number of hydrogen-bond donors (Lipinski definition) is 1. The monoisotopic (exact) mass is 250 g/mol. The summed E-state index contributed by atoms with van der Waals surface area (Å²) in [5.74, 6) is 0. The molecule has 0 saturated heterocycles. The van der Waals surface area contributed by atoms with Crippen molar-refractivity contribution in [3.05, 3.63) is 35.9 Å². The molecule has 0 aliphatic heterocycles. The summed E-state index contributed by atoms with van der Waals surface area (Å²) in [7, 11) is 0. The summed E-state index contributed by atoms with van der Waals surface area (Å²) in [6, 6.07) is 10.7. The Labute approximate surface area is 111 Å². The third kappa shape index (κ3) is 8.26. The van der Waals surface area contributed by atoms with Crippen molar-refractivity contribution in [3.63, 3.8) is 0 Å². The van der Waals surface area contributed by atoms with E-state index in [-0.39, 0.29) is 0 Å². The minimum Gasteiger partial charge on any atom is -0.252 e. The normalized spacial score (nSPS) is 10.7. The van der Waals surface area contributed by atoms with Crippen molar-refractivity contribution < 1.29 is 10.1 Å². The van der Waals surface area contributed by atoms with Crippen LogP contribution in [0, 0.1) is 0 Å². The Balaban J connectivity index is 1.82. The van der Waals surface area contributed by atoms with Crippen LogP contribution in [0.4, 0.5) is 0 Å². The van der Waals surface area contributed by atoms with Gasteiger partial charge in [-0.1, -0.05) is 68.9 Å². The lowest BCUT2D eigenvalue weighted by Crippen LogP contribution is -1.89. The van der Waals surface area contributed by atoms with E-state index in [4.69, 9.17) is 5.26 Å². The Hall–Kier alpha value is -0.860. The fourth-order valence-corrected chi connectivity index (χ4v) is 2.20. The number of rotatable bonds is 11. The largest absolute Gasteiger partial charge is 0.252 e. The van der Waals surface area contributed by atoms with Gasteiger partial charge in [-0.2, -0.15) is 0 Å². The molecule has 0 atom stereocenters. The molecule has 0 amide bonds. The summed E-state index contributed by atoms with van der Waals surface area (Å²) in [6.45, 7) is 0.483.